The fourth-order valence-corrected chi connectivity index (χ4v) is 2.18. The van der Waals surface area contributed by atoms with Crippen molar-refractivity contribution in [3.8, 4) is 0 Å². The molecule has 4 heteroatoms. The Kier molecular flexibility index (Phi) is 3.01. The van der Waals surface area contributed by atoms with E-state index < -0.39 is 0 Å². The lowest BCUT2D eigenvalue weighted by molar-refractivity contribution is 0.0784. The zero-order valence-corrected chi connectivity index (χ0v) is 9.77. The van der Waals surface area contributed by atoms with Crippen LogP contribution >= 0.6 is 0 Å². The van der Waals surface area contributed by atoms with Crippen LogP contribution in [0.4, 0.5) is 0 Å². The summed E-state index contributed by atoms with van der Waals surface area (Å²) in [6, 6.07) is 1.89. The van der Waals surface area contributed by atoms with Gasteiger partial charge in [-0.25, -0.2) is 0 Å². The van der Waals surface area contributed by atoms with Gasteiger partial charge in [0.15, 0.2) is 0 Å². The first-order chi connectivity index (χ1) is 7.59. The molecule has 88 valence electrons. The van der Waals surface area contributed by atoms with Crippen molar-refractivity contribution in [2.24, 2.45) is 11.7 Å². The molecular formula is C12H18N2O2. The van der Waals surface area contributed by atoms with Gasteiger partial charge in [-0.15, -0.1) is 0 Å². The van der Waals surface area contributed by atoms with E-state index in [-0.39, 0.29) is 11.9 Å². The predicted octanol–water partition coefficient (Wildman–Crippen LogP) is 1.40. The number of nitrogens with zero attached hydrogens (tertiary/aromatic N) is 1. The monoisotopic (exact) mass is 222 g/mol. The van der Waals surface area contributed by atoms with Crippen LogP contribution in [0.1, 0.15) is 29.5 Å². The van der Waals surface area contributed by atoms with Crippen LogP contribution in [-0.2, 0) is 0 Å². The zero-order valence-electron chi connectivity index (χ0n) is 9.77. The minimum atomic E-state index is 0.0643. The van der Waals surface area contributed by atoms with Gasteiger partial charge in [0.05, 0.1) is 11.8 Å². The number of hydrogen-bond donors (Lipinski definition) is 1. The van der Waals surface area contributed by atoms with Crippen LogP contribution in [0.25, 0.3) is 0 Å². The molecule has 1 aromatic heterocycles. The molecule has 1 fully saturated rings. The quantitative estimate of drug-likeness (QED) is 0.822. The van der Waals surface area contributed by atoms with Crippen molar-refractivity contribution >= 4 is 5.91 Å². The van der Waals surface area contributed by atoms with Gasteiger partial charge in [0.25, 0.3) is 5.91 Å². The summed E-state index contributed by atoms with van der Waals surface area (Å²) >= 11 is 0. The lowest BCUT2D eigenvalue weighted by Gasteiger charge is -2.17. The Bertz CT molecular complexity index is 384. The minimum absolute atomic E-state index is 0.0643. The second-order valence-corrected chi connectivity index (χ2v) is 4.55. The second kappa shape index (κ2) is 4.29. The van der Waals surface area contributed by atoms with E-state index in [0.29, 0.717) is 17.2 Å². The van der Waals surface area contributed by atoms with Crippen LogP contribution in [0.15, 0.2) is 16.7 Å². The number of rotatable bonds is 2. The standard InChI is InChI=1S/C12H18N2O2/c1-8(13)10-3-5-14(7-10)12(15)11-4-6-16-9(11)2/h4,6,8,10H,3,5,7,13H2,1-2H3. The van der Waals surface area contributed by atoms with E-state index in [1.54, 1.807) is 12.3 Å². The molecule has 0 bridgehead atoms. The lowest BCUT2D eigenvalue weighted by Crippen LogP contribution is -2.33. The number of carbonyl (C=O) groups excluding carboxylic acids is 1. The highest BCUT2D eigenvalue weighted by atomic mass is 16.3. The molecule has 2 unspecified atom stereocenters. The van der Waals surface area contributed by atoms with Crippen molar-refractivity contribution < 1.29 is 9.21 Å². The van der Waals surface area contributed by atoms with Crippen LogP contribution in [-0.4, -0.2) is 29.9 Å². The Morgan fingerprint density at radius 3 is 2.94 bits per heavy atom. The molecule has 1 aromatic rings. The average Bonchev–Trinajstić information content (AvgIpc) is 2.84. The number of aryl methyl sites for hydroxylation is 1. The fourth-order valence-electron chi connectivity index (χ4n) is 2.18. The topological polar surface area (TPSA) is 59.5 Å². The van der Waals surface area contributed by atoms with E-state index in [1.807, 2.05) is 18.7 Å². The highest BCUT2D eigenvalue weighted by Gasteiger charge is 2.29. The number of carbonyl (C=O) groups is 1. The highest BCUT2D eigenvalue weighted by Crippen LogP contribution is 2.22. The Morgan fingerprint density at radius 2 is 2.44 bits per heavy atom. The summed E-state index contributed by atoms with van der Waals surface area (Å²) in [5.74, 6) is 1.18. The second-order valence-electron chi connectivity index (χ2n) is 4.55. The van der Waals surface area contributed by atoms with Gasteiger partial charge in [-0.2, -0.15) is 0 Å². The van der Waals surface area contributed by atoms with E-state index in [4.69, 9.17) is 10.2 Å². The third kappa shape index (κ3) is 1.97. The molecule has 16 heavy (non-hydrogen) atoms. The van der Waals surface area contributed by atoms with Gasteiger partial charge in [-0.3, -0.25) is 4.79 Å². The fraction of sp³-hybridized carbons (Fsp3) is 0.583. The number of likely N-dealkylation sites (tertiary alicyclic amines) is 1. The molecule has 4 nitrogen and oxygen atoms in total. The molecule has 0 aromatic carbocycles. The van der Waals surface area contributed by atoms with Crippen LogP contribution < -0.4 is 5.73 Å². The van der Waals surface area contributed by atoms with Crippen molar-refractivity contribution in [1.29, 1.82) is 0 Å². The molecule has 0 saturated carbocycles. The van der Waals surface area contributed by atoms with Gasteiger partial charge in [0, 0.05) is 19.1 Å². The number of hydrogen-bond acceptors (Lipinski definition) is 3. The predicted molar refractivity (Wildman–Crippen MR) is 61.1 cm³/mol. The maximum atomic E-state index is 12.1. The summed E-state index contributed by atoms with van der Waals surface area (Å²) in [4.78, 5) is 14.0. The maximum absolute atomic E-state index is 12.1. The Morgan fingerprint density at radius 1 is 1.69 bits per heavy atom. The van der Waals surface area contributed by atoms with E-state index in [1.165, 1.54) is 0 Å². The molecule has 1 saturated heterocycles. The minimum Gasteiger partial charge on any atom is -0.469 e. The molecule has 2 N–H and O–H groups in total. The van der Waals surface area contributed by atoms with Crippen LogP contribution in [0.3, 0.4) is 0 Å². The Labute approximate surface area is 95.4 Å². The summed E-state index contributed by atoms with van der Waals surface area (Å²) in [5.41, 5.74) is 6.52. The molecule has 0 radical (unpaired) electrons. The van der Waals surface area contributed by atoms with E-state index in [2.05, 4.69) is 0 Å². The van der Waals surface area contributed by atoms with Gasteiger partial charge in [0.2, 0.25) is 0 Å². The van der Waals surface area contributed by atoms with Gasteiger partial charge < -0.3 is 15.1 Å². The largest absolute Gasteiger partial charge is 0.469 e. The van der Waals surface area contributed by atoms with Crippen molar-refractivity contribution in [3.05, 3.63) is 23.7 Å². The maximum Gasteiger partial charge on any atom is 0.257 e. The van der Waals surface area contributed by atoms with E-state index in [0.717, 1.165) is 19.5 Å². The first-order valence-electron chi connectivity index (χ1n) is 5.68. The number of nitrogens with two attached hydrogens (primary N) is 1. The van der Waals surface area contributed by atoms with Gasteiger partial charge >= 0.3 is 0 Å². The lowest BCUT2D eigenvalue weighted by atomic mass is 10.0. The van der Waals surface area contributed by atoms with Gasteiger partial charge in [-0.1, -0.05) is 0 Å². The normalized spacial score (nSPS) is 22.4. The zero-order chi connectivity index (χ0) is 11.7. The molecule has 0 spiro atoms. The Hall–Kier alpha value is -1.29. The molecule has 1 aliphatic rings. The van der Waals surface area contributed by atoms with Crippen molar-refractivity contribution in [1.82, 2.24) is 4.90 Å². The van der Waals surface area contributed by atoms with Crippen molar-refractivity contribution in [3.63, 3.8) is 0 Å². The molecular weight excluding hydrogens is 204 g/mol. The third-order valence-corrected chi connectivity index (χ3v) is 3.34. The molecule has 2 heterocycles. The van der Waals surface area contributed by atoms with Gasteiger partial charge in [-0.05, 0) is 32.3 Å². The van der Waals surface area contributed by atoms with Crippen molar-refractivity contribution in [2.45, 2.75) is 26.3 Å². The molecule has 0 aliphatic carbocycles. The summed E-state index contributed by atoms with van der Waals surface area (Å²) in [6.45, 7) is 5.38. The van der Waals surface area contributed by atoms with Gasteiger partial charge in [0.1, 0.15) is 5.76 Å². The molecule has 2 rings (SSSR count). The first-order valence-corrected chi connectivity index (χ1v) is 5.68. The van der Waals surface area contributed by atoms with E-state index in [9.17, 15) is 4.79 Å². The van der Waals surface area contributed by atoms with Crippen LogP contribution in [0, 0.1) is 12.8 Å². The average molecular weight is 222 g/mol. The van der Waals surface area contributed by atoms with Crippen LogP contribution in [0.2, 0.25) is 0 Å². The van der Waals surface area contributed by atoms with E-state index >= 15 is 0 Å². The Balaban J connectivity index is 2.05. The summed E-state index contributed by atoms with van der Waals surface area (Å²) < 4.78 is 5.15. The summed E-state index contributed by atoms with van der Waals surface area (Å²) in [6.07, 6.45) is 2.56. The summed E-state index contributed by atoms with van der Waals surface area (Å²) in [5, 5.41) is 0. The summed E-state index contributed by atoms with van der Waals surface area (Å²) in [7, 11) is 0. The molecule has 2 atom stereocenters. The SMILES string of the molecule is Cc1occc1C(=O)N1CCC(C(C)N)C1. The number of furan rings is 1. The van der Waals surface area contributed by atoms with Crippen molar-refractivity contribution in [2.75, 3.05) is 13.1 Å². The molecule has 1 aliphatic heterocycles. The first kappa shape index (κ1) is 11.2. The molecule has 1 amide bonds. The highest BCUT2D eigenvalue weighted by molar-refractivity contribution is 5.95. The smallest absolute Gasteiger partial charge is 0.257 e. The van der Waals surface area contributed by atoms with Crippen LogP contribution in [0.5, 0.6) is 0 Å². The third-order valence-electron chi connectivity index (χ3n) is 3.34. The number of amides is 1.